The summed E-state index contributed by atoms with van der Waals surface area (Å²) in [6.07, 6.45) is 0. The summed E-state index contributed by atoms with van der Waals surface area (Å²) in [7, 11) is 2.00. The Kier molecular flexibility index (Phi) is 4.73. The van der Waals surface area contributed by atoms with Crippen LogP contribution in [-0.2, 0) is 4.79 Å². The Balaban J connectivity index is 1.72. The van der Waals surface area contributed by atoms with Crippen LogP contribution in [0.1, 0.15) is 6.92 Å². The Hall–Kier alpha value is -1.89. The number of amidine groups is 1. The SMILES string of the molecule is CCN1C(=O)/C(=C2/Sc3ccccc3N2C)SC1=Nc1ccc(Cl)cc1. The van der Waals surface area contributed by atoms with Gasteiger partial charge < -0.3 is 4.90 Å². The van der Waals surface area contributed by atoms with E-state index in [2.05, 4.69) is 22.0 Å². The second-order valence-electron chi connectivity index (χ2n) is 5.79. The zero-order chi connectivity index (χ0) is 18.3. The molecule has 2 aliphatic rings. The van der Waals surface area contributed by atoms with E-state index in [4.69, 9.17) is 11.6 Å². The fourth-order valence-electron chi connectivity index (χ4n) is 2.82. The van der Waals surface area contributed by atoms with Gasteiger partial charge in [0, 0.05) is 23.5 Å². The van der Waals surface area contributed by atoms with Crippen molar-refractivity contribution in [3.63, 3.8) is 0 Å². The molecule has 0 bridgehead atoms. The smallest absolute Gasteiger partial charge is 0.269 e. The molecule has 4 nitrogen and oxygen atoms in total. The van der Waals surface area contributed by atoms with Crippen molar-refractivity contribution in [1.82, 2.24) is 4.90 Å². The summed E-state index contributed by atoms with van der Waals surface area (Å²) >= 11 is 9.01. The van der Waals surface area contributed by atoms with Crippen LogP contribution < -0.4 is 4.90 Å². The fraction of sp³-hybridized carbons (Fsp3) is 0.158. The average molecular weight is 402 g/mol. The Morgan fingerprint density at radius 3 is 2.50 bits per heavy atom. The Morgan fingerprint density at radius 1 is 1.08 bits per heavy atom. The first-order chi connectivity index (χ1) is 12.6. The van der Waals surface area contributed by atoms with Crippen molar-refractivity contribution < 1.29 is 4.79 Å². The Bertz CT molecular complexity index is 940. The van der Waals surface area contributed by atoms with Gasteiger partial charge in [-0.2, -0.15) is 0 Å². The molecule has 4 rings (SSSR count). The molecule has 1 amide bonds. The number of amides is 1. The molecule has 1 fully saturated rings. The lowest BCUT2D eigenvalue weighted by atomic mass is 10.3. The van der Waals surface area contributed by atoms with Crippen molar-refractivity contribution >= 4 is 57.6 Å². The molecular formula is C19H16ClN3OS2. The van der Waals surface area contributed by atoms with Crippen LogP contribution in [0.5, 0.6) is 0 Å². The molecule has 2 aliphatic heterocycles. The summed E-state index contributed by atoms with van der Waals surface area (Å²) in [5.41, 5.74) is 1.91. The lowest BCUT2D eigenvalue weighted by molar-refractivity contribution is -0.122. The van der Waals surface area contributed by atoms with Gasteiger partial charge in [-0.05, 0) is 55.1 Å². The fourth-order valence-corrected chi connectivity index (χ4v) is 5.36. The van der Waals surface area contributed by atoms with Crippen LogP contribution in [0.4, 0.5) is 11.4 Å². The normalized spacial score (nSPS) is 21.0. The predicted octanol–water partition coefficient (Wildman–Crippen LogP) is 5.33. The van der Waals surface area contributed by atoms with Gasteiger partial charge in [0.1, 0.15) is 4.91 Å². The lowest BCUT2D eigenvalue weighted by Gasteiger charge is -2.15. The van der Waals surface area contributed by atoms with E-state index in [1.54, 1.807) is 28.8 Å². The molecule has 0 radical (unpaired) electrons. The number of hydrogen-bond acceptors (Lipinski definition) is 5. The second-order valence-corrected chi connectivity index (χ2v) is 8.23. The third-order valence-electron chi connectivity index (χ3n) is 4.16. The number of thioether (sulfide) groups is 2. The highest BCUT2D eigenvalue weighted by atomic mass is 35.5. The molecule has 0 unspecified atom stereocenters. The number of hydrogen-bond donors (Lipinski definition) is 0. The maximum atomic E-state index is 13.0. The highest BCUT2D eigenvalue weighted by Gasteiger charge is 2.38. The summed E-state index contributed by atoms with van der Waals surface area (Å²) in [4.78, 5) is 23.3. The average Bonchev–Trinajstić information content (AvgIpc) is 3.14. The number of likely N-dealkylation sites (N-methyl/N-ethyl adjacent to an activating group) is 1. The molecule has 0 saturated carbocycles. The number of anilines is 1. The van der Waals surface area contributed by atoms with Crippen LogP contribution in [0.15, 0.2) is 68.4 Å². The van der Waals surface area contributed by atoms with Gasteiger partial charge in [-0.25, -0.2) is 4.99 Å². The lowest BCUT2D eigenvalue weighted by Crippen LogP contribution is -2.29. The quantitative estimate of drug-likeness (QED) is 0.637. The van der Waals surface area contributed by atoms with Crippen molar-refractivity contribution in [3.8, 4) is 0 Å². The number of nitrogens with zero attached hydrogens (tertiary/aromatic N) is 3. The molecule has 0 N–H and O–H groups in total. The third kappa shape index (κ3) is 3.02. The molecular weight excluding hydrogens is 386 g/mol. The highest BCUT2D eigenvalue weighted by Crippen LogP contribution is 2.49. The number of carbonyl (C=O) groups excluding carboxylic acids is 1. The number of halogens is 1. The van der Waals surface area contributed by atoms with Crippen molar-refractivity contribution in [3.05, 3.63) is 63.5 Å². The van der Waals surface area contributed by atoms with Crippen LogP contribution in [-0.4, -0.2) is 29.6 Å². The predicted molar refractivity (Wildman–Crippen MR) is 111 cm³/mol. The van der Waals surface area contributed by atoms with Crippen LogP contribution in [0, 0.1) is 0 Å². The zero-order valence-electron chi connectivity index (χ0n) is 14.3. The Morgan fingerprint density at radius 2 is 1.81 bits per heavy atom. The standard InChI is InChI=1S/C19H16ClN3OS2/c1-3-23-17(24)16(18-22(2)14-6-4-5-7-15(14)25-18)26-19(23)21-13-10-8-12(20)9-11-13/h4-11H,3H2,1-2H3/b18-16-,21-19?. The number of aliphatic imine (C=N–C) groups is 1. The third-order valence-corrected chi connectivity index (χ3v) is 6.85. The molecule has 2 heterocycles. The second kappa shape index (κ2) is 7.02. The number of benzene rings is 2. The summed E-state index contributed by atoms with van der Waals surface area (Å²) in [5.74, 6) is 0.00682. The number of para-hydroxylation sites is 1. The van der Waals surface area contributed by atoms with E-state index >= 15 is 0 Å². The number of fused-ring (bicyclic) bond motifs is 1. The molecule has 26 heavy (non-hydrogen) atoms. The van der Waals surface area contributed by atoms with Crippen molar-refractivity contribution in [2.24, 2.45) is 4.99 Å². The van der Waals surface area contributed by atoms with E-state index in [1.807, 2.05) is 38.2 Å². The maximum Gasteiger partial charge on any atom is 0.269 e. The van der Waals surface area contributed by atoms with E-state index < -0.39 is 0 Å². The summed E-state index contributed by atoms with van der Waals surface area (Å²) in [6.45, 7) is 2.54. The first-order valence-electron chi connectivity index (χ1n) is 8.17. The van der Waals surface area contributed by atoms with Crippen molar-refractivity contribution in [2.75, 3.05) is 18.5 Å². The van der Waals surface area contributed by atoms with E-state index in [0.29, 0.717) is 16.7 Å². The first-order valence-corrected chi connectivity index (χ1v) is 10.2. The van der Waals surface area contributed by atoms with Gasteiger partial charge in [0.05, 0.1) is 16.4 Å². The van der Waals surface area contributed by atoms with E-state index in [0.717, 1.165) is 26.2 Å². The zero-order valence-corrected chi connectivity index (χ0v) is 16.7. The van der Waals surface area contributed by atoms with Gasteiger partial charge in [0.15, 0.2) is 5.17 Å². The maximum absolute atomic E-state index is 13.0. The Labute approximate surface area is 165 Å². The monoisotopic (exact) mass is 401 g/mol. The van der Waals surface area contributed by atoms with Crippen LogP contribution in [0.2, 0.25) is 5.02 Å². The highest BCUT2D eigenvalue weighted by molar-refractivity contribution is 8.19. The van der Waals surface area contributed by atoms with Crippen LogP contribution >= 0.6 is 35.1 Å². The summed E-state index contributed by atoms with van der Waals surface area (Å²) in [5, 5.41) is 2.33. The van der Waals surface area contributed by atoms with Gasteiger partial charge in [0.2, 0.25) is 0 Å². The largest absolute Gasteiger partial charge is 0.337 e. The molecule has 2 aromatic rings. The van der Waals surface area contributed by atoms with Crippen LogP contribution in [0.25, 0.3) is 0 Å². The minimum atomic E-state index is 0.00682. The van der Waals surface area contributed by atoms with Gasteiger partial charge in [0.25, 0.3) is 5.91 Å². The van der Waals surface area contributed by atoms with E-state index in [1.165, 1.54) is 11.8 Å². The van der Waals surface area contributed by atoms with Gasteiger partial charge >= 0.3 is 0 Å². The van der Waals surface area contributed by atoms with Crippen molar-refractivity contribution in [2.45, 2.75) is 11.8 Å². The minimum absolute atomic E-state index is 0.00682. The van der Waals surface area contributed by atoms with E-state index in [9.17, 15) is 4.79 Å². The van der Waals surface area contributed by atoms with Gasteiger partial charge in [-0.15, -0.1) is 0 Å². The van der Waals surface area contributed by atoms with Gasteiger partial charge in [-0.1, -0.05) is 35.5 Å². The summed E-state index contributed by atoms with van der Waals surface area (Å²) in [6, 6.07) is 15.5. The van der Waals surface area contributed by atoms with Crippen molar-refractivity contribution in [1.29, 1.82) is 0 Å². The van der Waals surface area contributed by atoms with Crippen LogP contribution in [0.3, 0.4) is 0 Å². The molecule has 0 spiro atoms. The topological polar surface area (TPSA) is 35.9 Å². The molecule has 0 aliphatic carbocycles. The summed E-state index contributed by atoms with van der Waals surface area (Å²) < 4.78 is 0. The van der Waals surface area contributed by atoms with E-state index in [-0.39, 0.29) is 5.91 Å². The number of rotatable bonds is 2. The molecule has 1 saturated heterocycles. The number of carbonyl (C=O) groups is 1. The molecule has 7 heteroatoms. The molecule has 132 valence electrons. The molecule has 0 atom stereocenters. The molecule has 0 aromatic heterocycles. The molecule has 2 aromatic carbocycles. The van der Waals surface area contributed by atoms with Gasteiger partial charge in [-0.3, -0.25) is 9.69 Å². The first kappa shape index (κ1) is 17.5. The minimum Gasteiger partial charge on any atom is -0.337 e.